The van der Waals surface area contributed by atoms with Gasteiger partial charge in [-0.1, -0.05) is 35.9 Å². The molecule has 0 bridgehead atoms. The number of hydrazone groups is 1. The number of esters is 2. The third-order valence-corrected chi connectivity index (χ3v) is 5.44. The largest absolute Gasteiger partial charge is 0.468 e. The van der Waals surface area contributed by atoms with Gasteiger partial charge in [0.05, 0.1) is 32.0 Å². The van der Waals surface area contributed by atoms with Crippen molar-refractivity contribution < 1.29 is 23.9 Å². The highest BCUT2D eigenvalue weighted by Gasteiger charge is 2.53. The standard InChI is InChI=1S/C22H17ClN2O5/c1-29-21(27)16-17(22(28)30-2)19(20(26)12-7-9-14(23)10-8-12)25-18(16)15-6-4-3-5-13(15)11-24-25/h3-11,16,18H,1-2H3/t16-,18-/m0/s1. The van der Waals surface area contributed by atoms with Crippen LogP contribution in [0.4, 0.5) is 0 Å². The second kappa shape index (κ2) is 7.76. The number of methoxy groups -OCH3 is 2. The highest BCUT2D eigenvalue weighted by Crippen LogP contribution is 2.48. The maximum atomic E-state index is 13.4. The SMILES string of the molecule is COC(=O)C1=C(C(=O)c2ccc(Cl)cc2)N2N=Cc3ccccc3[C@H]2[C@H]1C(=O)OC. The number of hydrogen-bond donors (Lipinski definition) is 0. The summed E-state index contributed by atoms with van der Waals surface area (Å²) in [5, 5.41) is 6.28. The number of nitrogens with zero attached hydrogens (tertiary/aromatic N) is 2. The van der Waals surface area contributed by atoms with Crippen molar-refractivity contribution >= 4 is 35.5 Å². The number of Topliss-reactive ketones (excluding diaryl/α,β-unsaturated/α-hetero) is 1. The molecule has 0 aromatic heterocycles. The molecular weight excluding hydrogens is 408 g/mol. The summed E-state index contributed by atoms with van der Waals surface area (Å²) in [5.41, 5.74) is 1.74. The van der Waals surface area contributed by atoms with Crippen LogP contribution in [0.2, 0.25) is 5.02 Å². The summed E-state index contributed by atoms with van der Waals surface area (Å²) in [6.45, 7) is 0. The van der Waals surface area contributed by atoms with E-state index in [9.17, 15) is 14.4 Å². The molecule has 8 heteroatoms. The zero-order chi connectivity index (χ0) is 21.4. The maximum absolute atomic E-state index is 13.4. The van der Waals surface area contributed by atoms with Crippen LogP contribution in [0, 0.1) is 5.92 Å². The fourth-order valence-corrected chi connectivity index (χ4v) is 3.97. The minimum atomic E-state index is -1.08. The van der Waals surface area contributed by atoms with E-state index < -0.39 is 29.7 Å². The quantitative estimate of drug-likeness (QED) is 0.553. The predicted octanol–water partition coefficient (Wildman–Crippen LogP) is 3.14. The lowest BCUT2D eigenvalue weighted by Crippen LogP contribution is -2.32. The lowest BCUT2D eigenvalue weighted by Gasteiger charge is -2.31. The van der Waals surface area contributed by atoms with E-state index in [1.165, 1.54) is 19.2 Å². The van der Waals surface area contributed by atoms with Gasteiger partial charge in [0.25, 0.3) is 0 Å². The zero-order valence-electron chi connectivity index (χ0n) is 16.2. The predicted molar refractivity (Wildman–Crippen MR) is 109 cm³/mol. The third-order valence-electron chi connectivity index (χ3n) is 5.19. The van der Waals surface area contributed by atoms with E-state index in [4.69, 9.17) is 21.1 Å². The van der Waals surface area contributed by atoms with Crippen LogP contribution in [0.15, 0.2) is 64.9 Å². The first kappa shape index (κ1) is 19.8. The van der Waals surface area contributed by atoms with Crippen LogP contribution in [0.25, 0.3) is 0 Å². The van der Waals surface area contributed by atoms with E-state index in [0.717, 1.165) is 11.1 Å². The summed E-state index contributed by atoms with van der Waals surface area (Å²) in [7, 11) is 2.43. The van der Waals surface area contributed by atoms with Gasteiger partial charge in [0.2, 0.25) is 5.78 Å². The van der Waals surface area contributed by atoms with Gasteiger partial charge in [-0.15, -0.1) is 0 Å². The molecule has 2 aliphatic rings. The number of carbonyl (C=O) groups excluding carboxylic acids is 3. The zero-order valence-corrected chi connectivity index (χ0v) is 16.9. The van der Waals surface area contributed by atoms with Gasteiger partial charge in [-0.2, -0.15) is 5.10 Å². The Morgan fingerprint density at radius 1 is 1.00 bits per heavy atom. The summed E-state index contributed by atoms with van der Waals surface area (Å²) >= 11 is 5.94. The molecule has 2 atom stereocenters. The molecule has 0 saturated carbocycles. The fraction of sp³-hybridized carbons (Fsp3) is 0.182. The van der Waals surface area contributed by atoms with Crippen LogP contribution in [0.1, 0.15) is 27.5 Å². The molecule has 2 aliphatic heterocycles. The molecule has 0 aliphatic carbocycles. The molecule has 0 radical (unpaired) electrons. The molecule has 0 saturated heterocycles. The monoisotopic (exact) mass is 424 g/mol. The normalized spacial score (nSPS) is 19.2. The maximum Gasteiger partial charge on any atom is 0.337 e. The van der Waals surface area contributed by atoms with Gasteiger partial charge in [-0.05, 0) is 35.4 Å². The topological polar surface area (TPSA) is 85.3 Å². The van der Waals surface area contributed by atoms with Crippen LogP contribution in [-0.2, 0) is 19.1 Å². The lowest BCUT2D eigenvalue weighted by atomic mass is 9.86. The van der Waals surface area contributed by atoms with Gasteiger partial charge in [-0.25, -0.2) is 4.79 Å². The summed E-state index contributed by atoms with van der Waals surface area (Å²) in [6.07, 6.45) is 1.59. The third kappa shape index (κ3) is 3.07. The van der Waals surface area contributed by atoms with E-state index in [2.05, 4.69) is 5.10 Å². The molecule has 0 spiro atoms. The molecule has 7 nitrogen and oxygen atoms in total. The average Bonchev–Trinajstić information content (AvgIpc) is 3.13. The van der Waals surface area contributed by atoms with Gasteiger partial charge in [0.15, 0.2) is 0 Å². The minimum Gasteiger partial charge on any atom is -0.468 e. The van der Waals surface area contributed by atoms with Gasteiger partial charge in [-0.3, -0.25) is 14.6 Å². The summed E-state index contributed by atoms with van der Waals surface area (Å²) in [5.74, 6) is -2.99. The second-order valence-electron chi connectivity index (χ2n) is 6.75. The highest BCUT2D eigenvalue weighted by molar-refractivity contribution is 6.30. The van der Waals surface area contributed by atoms with Crippen molar-refractivity contribution in [2.45, 2.75) is 6.04 Å². The molecule has 0 unspecified atom stereocenters. The second-order valence-corrected chi connectivity index (χ2v) is 7.19. The summed E-state index contributed by atoms with van der Waals surface area (Å²) in [4.78, 5) is 39.0. The summed E-state index contributed by atoms with van der Waals surface area (Å²) in [6, 6.07) is 12.9. The van der Waals surface area contributed by atoms with Crippen LogP contribution in [0.3, 0.4) is 0 Å². The molecule has 30 heavy (non-hydrogen) atoms. The molecule has 2 heterocycles. The first-order valence-electron chi connectivity index (χ1n) is 9.10. The van der Waals surface area contributed by atoms with Crippen LogP contribution in [0.5, 0.6) is 0 Å². The van der Waals surface area contributed by atoms with E-state index in [0.29, 0.717) is 10.6 Å². The highest BCUT2D eigenvalue weighted by atomic mass is 35.5. The molecule has 2 aromatic rings. The molecule has 0 fully saturated rings. The Morgan fingerprint density at radius 2 is 1.70 bits per heavy atom. The van der Waals surface area contributed by atoms with Crippen LogP contribution in [-0.4, -0.2) is 43.2 Å². The Labute approximate surface area is 177 Å². The Hall–Kier alpha value is -3.45. The Kier molecular flexibility index (Phi) is 5.13. The van der Waals surface area contributed by atoms with Crippen molar-refractivity contribution in [2.75, 3.05) is 14.2 Å². The smallest absolute Gasteiger partial charge is 0.337 e. The number of benzene rings is 2. The van der Waals surface area contributed by atoms with Crippen molar-refractivity contribution in [2.24, 2.45) is 11.0 Å². The number of ether oxygens (including phenoxy) is 2. The van der Waals surface area contributed by atoms with E-state index in [-0.39, 0.29) is 11.3 Å². The minimum absolute atomic E-state index is 0.0182. The first-order chi connectivity index (χ1) is 14.5. The van der Waals surface area contributed by atoms with Crippen molar-refractivity contribution in [1.29, 1.82) is 0 Å². The number of ketones is 1. The van der Waals surface area contributed by atoms with Crippen molar-refractivity contribution in [3.8, 4) is 0 Å². The Bertz CT molecular complexity index is 1110. The molecule has 152 valence electrons. The summed E-state index contributed by atoms with van der Waals surface area (Å²) < 4.78 is 9.92. The van der Waals surface area contributed by atoms with Crippen LogP contribution >= 0.6 is 11.6 Å². The van der Waals surface area contributed by atoms with E-state index >= 15 is 0 Å². The van der Waals surface area contributed by atoms with Crippen molar-refractivity contribution in [3.63, 3.8) is 0 Å². The van der Waals surface area contributed by atoms with Gasteiger partial charge >= 0.3 is 11.9 Å². The molecular formula is C22H17ClN2O5. The number of allylic oxidation sites excluding steroid dienone is 1. The molecule has 4 rings (SSSR count). The molecule has 2 aromatic carbocycles. The number of halogens is 1. The van der Waals surface area contributed by atoms with Gasteiger partial charge < -0.3 is 9.47 Å². The van der Waals surface area contributed by atoms with Crippen molar-refractivity contribution in [3.05, 3.63) is 81.5 Å². The van der Waals surface area contributed by atoms with E-state index in [1.807, 2.05) is 24.3 Å². The number of hydrogen-bond acceptors (Lipinski definition) is 7. The van der Waals surface area contributed by atoms with Crippen LogP contribution < -0.4 is 0 Å². The number of fused-ring (bicyclic) bond motifs is 3. The van der Waals surface area contributed by atoms with Gasteiger partial charge in [0.1, 0.15) is 11.6 Å². The van der Waals surface area contributed by atoms with E-state index in [1.54, 1.807) is 30.5 Å². The Morgan fingerprint density at radius 3 is 2.37 bits per heavy atom. The number of carbonyl (C=O) groups is 3. The van der Waals surface area contributed by atoms with Crippen molar-refractivity contribution in [1.82, 2.24) is 5.01 Å². The molecule has 0 amide bonds. The van der Waals surface area contributed by atoms with Gasteiger partial charge in [0, 0.05) is 10.6 Å². The fourth-order valence-electron chi connectivity index (χ4n) is 3.84. The number of rotatable bonds is 4. The average molecular weight is 425 g/mol. The Balaban J connectivity index is 1.94. The first-order valence-corrected chi connectivity index (χ1v) is 9.48. The lowest BCUT2D eigenvalue weighted by molar-refractivity contribution is -0.148. The molecule has 0 N–H and O–H groups in total.